The fraction of sp³-hybridized carbons (Fsp3) is 1.00. The number of likely N-dealkylation sites (tertiary alicyclic amines) is 2. The summed E-state index contributed by atoms with van der Waals surface area (Å²) in [4.78, 5) is 5.17. The van der Waals surface area contributed by atoms with Gasteiger partial charge in [0.1, 0.15) is 0 Å². The smallest absolute Gasteiger partial charge is 0.0600 e. The summed E-state index contributed by atoms with van der Waals surface area (Å²) in [6, 6.07) is 0.688. The lowest BCUT2D eigenvalue weighted by atomic mass is 9.87. The largest absolute Gasteiger partial charge is 0.377 e. The molecule has 0 unspecified atom stereocenters. The normalized spacial score (nSPS) is 24.3. The molecule has 0 aromatic carbocycles. The number of hydrogen-bond donors (Lipinski definition) is 0. The Morgan fingerprint density at radius 1 is 0.905 bits per heavy atom. The molecule has 3 nitrogen and oxygen atoms in total. The van der Waals surface area contributed by atoms with Crippen LogP contribution >= 0.6 is 0 Å². The highest BCUT2D eigenvalue weighted by Gasteiger charge is 2.23. The van der Waals surface area contributed by atoms with Gasteiger partial charge in [-0.1, -0.05) is 13.8 Å². The van der Waals surface area contributed by atoms with E-state index >= 15 is 0 Å². The minimum Gasteiger partial charge on any atom is -0.377 e. The Morgan fingerprint density at radius 3 is 2.05 bits per heavy atom. The van der Waals surface area contributed by atoms with Crippen LogP contribution < -0.4 is 0 Å². The molecule has 2 heterocycles. The minimum absolute atomic E-state index is 0.508. The van der Waals surface area contributed by atoms with E-state index in [4.69, 9.17) is 4.74 Å². The highest BCUT2D eigenvalue weighted by Crippen LogP contribution is 2.24. The second-order valence-electron chi connectivity index (χ2n) is 7.62. The van der Waals surface area contributed by atoms with Gasteiger partial charge in [-0.15, -0.1) is 0 Å². The van der Waals surface area contributed by atoms with Crippen LogP contribution in [0, 0.1) is 11.8 Å². The molecule has 0 atom stereocenters. The van der Waals surface area contributed by atoms with Crippen molar-refractivity contribution in [2.75, 3.05) is 39.3 Å². The molecule has 0 bridgehead atoms. The van der Waals surface area contributed by atoms with Gasteiger partial charge >= 0.3 is 0 Å². The lowest BCUT2D eigenvalue weighted by Crippen LogP contribution is -2.42. The van der Waals surface area contributed by atoms with Crippen LogP contribution in [0.3, 0.4) is 0 Å². The minimum atomic E-state index is 0.508. The van der Waals surface area contributed by atoms with E-state index in [-0.39, 0.29) is 0 Å². The fourth-order valence-corrected chi connectivity index (χ4v) is 3.75. The second kappa shape index (κ2) is 8.50. The molecule has 2 saturated heterocycles. The van der Waals surface area contributed by atoms with Crippen molar-refractivity contribution in [1.29, 1.82) is 0 Å². The van der Waals surface area contributed by atoms with E-state index in [1.807, 2.05) is 0 Å². The molecule has 2 fully saturated rings. The zero-order chi connectivity index (χ0) is 15.2. The average Bonchev–Trinajstić information content (AvgIpc) is 2.48. The molecule has 0 amide bonds. The van der Waals surface area contributed by atoms with Crippen molar-refractivity contribution in [2.24, 2.45) is 11.8 Å². The standard InChI is InChI=1S/C18H36N2O/c1-15(2)17-5-9-19(10-6-17)13-14-21-18-7-11-20(12-8-18)16(3)4/h15-18H,5-14H2,1-4H3. The average molecular weight is 296 g/mol. The van der Waals surface area contributed by atoms with Crippen molar-refractivity contribution in [3.63, 3.8) is 0 Å². The van der Waals surface area contributed by atoms with Gasteiger partial charge in [0.25, 0.3) is 0 Å². The summed E-state index contributed by atoms with van der Waals surface area (Å²) in [7, 11) is 0. The van der Waals surface area contributed by atoms with Gasteiger partial charge in [-0.05, 0) is 64.5 Å². The van der Waals surface area contributed by atoms with Crippen LogP contribution in [0.4, 0.5) is 0 Å². The highest BCUT2D eigenvalue weighted by molar-refractivity contribution is 4.76. The van der Waals surface area contributed by atoms with E-state index in [9.17, 15) is 0 Å². The molecule has 124 valence electrons. The molecule has 2 aliphatic heterocycles. The van der Waals surface area contributed by atoms with Crippen molar-refractivity contribution in [3.05, 3.63) is 0 Å². The van der Waals surface area contributed by atoms with Crippen molar-refractivity contribution in [3.8, 4) is 0 Å². The van der Waals surface area contributed by atoms with Gasteiger partial charge in [-0.2, -0.15) is 0 Å². The van der Waals surface area contributed by atoms with Gasteiger partial charge < -0.3 is 14.5 Å². The van der Waals surface area contributed by atoms with Crippen LogP contribution in [-0.4, -0.2) is 61.3 Å². The maximum Gasteiger partial charge on any atom is 0.0600 e. The predicted molar refractivity (Wildman–Crippen MR) is 89.7 cm³/mol. The van der Waals surface area contributed by atoms with Crippen LogP contribution in [0.5, 0.6) is 0 Å². The van der Waals surface area contributed by atoms with Gasteiger partial charge in [0.2, 0.25) is 0 Å². The Hall–Kier alpha value is -0.120. The van der Waals surface area contributed by atoms with Crippen LogP contribution in [0.15, 0.2) is 0 Å². The molecule has 0 saturated carbocycles. The van der Waals surface area contributed by atoms with E-state index in [1.54, 1.807) is 0 Å². The molecular formula is C18H36N2O. The zero-order valence-corrected chi connectivity index (χ0v) is 14.7. The van der Waals surface area contributed by atoms with Crippen LogP contribution in [0.1, 0.15) is 53.4 Å². The number of nitrogens with zero attached hydrogens (tertiary/aromatic N) is 2. The molecule has 0 radical (unpaired) electrons. The Morgan fingerprint density at radius 2 is 1.52 bits per heavy atom. The van der Waals surface area contributed by atoms with Gasteiger partial charge in [0, 0.05) is 25.7 Å². The Kier molecular flexibility index (Phi) is 6.97. The van der Waals surface area contributed by atoms with Crippen LogP contribution in [0.25, 0.3) is 0 Å². The Bertz CT molecular complexity index is 249. The molecule has 0 aromatic heterocycles. The quantitative estimate of drug-likeness (QED) is 0.748. The molecule has 0 aromatic rings. The summed E-state index contributed by atoms with van der Waals surface area (Å²) in [6.07, 6.45) is 5.70. The second-order valence-corrected chi connectivity index (χ2v) is 7.62. The molecule has 0 aliphatic carbocycles. The van der Waals surface area contributed by atoms with Crippen molar-refractivity contribution < 1.29 is 4.74 Å². The Labute approximate surface area is 132 Å². The summed E-state index contributed by atoms with van der Waals surface area (Å²) >= 11 is 0. The molecule has 2 aliphatic rings. The summed E-state index contributed by atoms with van der Waals surface area (Å²) in [5.74, 6) is 1.80. The number of rotatable bonds is 6. The summed E-state index contributed by atoms with van der Waals surface area (Å²) in [6.45, 7) is 16.4. The third kappa shape index (κ3) is 5.54. The Balaban J connectivity index is 1.55. The van der Waals surface area contributed by atoms with Crippen molar-refractivity contribution >= 4 is 0 Å². The maximum absolute atomic E-state index is 6.12. The predicted octanol–water partition coefficient (Wildman–Crippen LogP) is 3.24. The topological polar surface area (TPSA) is 15.7 Å². The summed E-state index contributed by atoms with van der Waals surface area (Å²) in [5, 5.41) is 0. The van der Waals surface area contributed by atoms with E-state index in [1.165, 1.54) is 51.9 Å². The molecule has 21 heavy (non-hydrogen) atoms. The SMILES string of the molecule is CC(C)C1CCN(CCOC2CCN(C(C)C)CC2)CC1. The van der Waals surface area contributed by atoms with Gasteiger partial charge in [0.05, 0.1) is 12.7 Å². The van der Waals surface area contributed by atoms with Gasteiger partial charge in [0.15, 0.2) is 0 Å². The molecule has 0 N–H and O–H groups in total. The molecule has 0 spiro atoms. The first kappa shape index (κ1) is 17.2. The van der Waals surface area contributed by atoms with Gasteiger partial charge in [-0.3, -0.25) is 0 Å². The lowest BCUT2D eigenvalue weighted by molar-refractivity contribution is -0.0103. The maximum atomic E-state index is 6.12. The van der Waals surface area contributed by atoms with Crippen LogP contribution in [0.2, 0.25) is 0 Å². The van der Waals surface area contributed by atoms with E-state index in [0.29, 0.717) is 12.1 Å². The molecule has 3 heteroatoms. The fourth-order valence-electron chi connectivity index (χ4n) is 3.75. The first-order chi connectivity index (χ1) is 10.1. The number of piperidine rings is 2. The first-order valence-electron chi connectivity index (χ1n) is 9.14. The summed E-state index contributed by atoms with van der Waals surface area (Å²) in [5.41, 5.74) is 0. The van der Waals surface area contributed by atoms with E-state index in [2.05, 4.69) is 37.5 Å². The van der Waals surface area contributed by atoms with Crippen molar-refractivity contribution in [2.45, 2.75) is 65.5 Å². The third-order valence-corrected chi connectivity index (χ3v) is 5.54. The van der Waals surface area contributed by atoms with E-state index < -0.39 is 0 Å². The number of ether oxygens (including phenoxy) is 1. The highest BCUT2D eigenvalue weighted by atomic mass is 16.5. The molecular weight excluding hydrogens is 260 g/mol. The monoisotopic (exact) mass is 296 g/mol. The van der Waals surface area contributed by atoms with Crippen molar-refractivity contribution in [1.82, 2.24) is 9.80 Å². The summed E-state index contributed by atoms with van der Waals surface area (Å²) < 4.78 is 6.12. The first-order valence-corrected chi connectivity index (χ1v) is 9.14. The zero-order valence-electron chi connectivity index (χ0n) is 14.7. The third-order valence-electron chi connectivity index (χ3n) is 5.54. The van der Waals surface area contributed by atoms with Crippen LogP contribution in [-0.2, 0) is 4.74 Å². The molecule has 2 rings (SSSR count). The lowest BCUT2D eigenvalue weighted by Gasteiger charge is -2.36. The van der Waals surface area contributed by atoms with E-state index in [0.717, 1.165) is 25.0 Å². The number of hydrogen-bond acceptors (Lipinski definition) is 3. The van der Waals surface area contributed by atoms with Gasteiger partial charge in [-0.25, -0.2) is 0 Å².